The molecule has 1 saturated carbocycles. The van der Waals surface area contributed by atoms with Gasteiger partial charge in [-0.2, -0.15) is 0 Å². The average Bonchev–Trinajstić information content (AvgIpc) is 3.03. The Labute approximate surface area is 111 Å². The molecule has 0 aromatic carbocycles. The van der Waals surface area contributed by atoms with Crippen LogP contribution in [-0.4, -0.2) is 23.0 Å². The van der Waals surface area contributed by atoms with Gasteiger partial charge in [0.25, 0.3) is 0 Å². The van der Waals surface area contributed by atoms with Gasteiger partial charge in [-0.3, -0.25) is 4.90 Å². The minimum Gasteiger partial charge on any atom is -0.463 e. The third kappa shape index (κ3) is 4.14. The third-order valence-corrected chi connectivity index (χ3v) is 3.34. The lowest BCUT2D eigenvalue weighted by Crippen LogP contribution is -2.34. The molecule has 1 N–H and O–H groups in total. The molecule has 0 saturated heterocycles. The molecular weight excluding hydrogens is 224 g/mol. The topological polar surface area (TPSA) is 28.4 Å². The lowest BCUT2D eigenvalue weighted by Gasteiger charge is -2.19. The Balaban J connectivity index is 1.85. The fourth-order valence-electron chi connectivity index (χ4n) is 2.09. The zero-order valence-electron chi connectivity index (χ0n) is 12.1. The van der Waals surface area contributed by atoms with E-state index in [1.807, 2.05) is 0 Å². The van der Waals surface area contributed by atoms with Crippen LogP contribution in [0, 0.1) is 0 Å². The largest absolute Gasteiger partial charge is 0.463 e. The van der Waals surface area contributed by atoms with Gasteiger partial charge in [0.1, 0.15) is 11.5 Å². The Hall–Kier alpha value is -0.800. The maximum Gasteiger partial charge on any atom is 0.118 e. The molecule has 0 amide bonds. The second-order valence-corrected chi connectivity index (χ2v) is 6.27. The number of hydrogen-bond donors (Lipinski definition) is 1. The van der Waals surface area contributed by atoms with E-state index in [0.717, 1.165) is 37.2 Å². The monoisotopic (exact) mass is 250 g/mol. The highest BCUT2D eigenvalue weighted by Crippen LogP contribution is 2.28. The second-order valence-electron chi connectivity index (χ2n) is 6.27. The fraction of sp³-hybridized carbons (Fsp3) is 0.733. The SMILES string of the molecule is CCN(Cc1ccc(CNC(C)(C)C)o1)C1CC1. The second kappa shape index (κ2) is 5.45. The van der Waals surface area contributed by atoms with Crippen LogP contribution in [0.4, 0.5) is 0 Å². The zero-order chi connectivity index (χ0) is 13.2. The summed E-state index contributed by atoms with van der Waals surface area (Å²) in [5, 5.41) is 3.45. The average molecular weight is 250 g/mol. The first kappa shape index (κ1) is 13.6. The quantitative estimate of drug-likeness (QED) is 0.840. The van der Waals surface area contributed by atoms with Crippen molar-refractivity contribution in [2.24, 2.45) is 0 Å². The molecule has 0 spiro atoms. The Morgan fingerprint density at radius 1 is 1.28 bits per heavy atom. The number of furan rings is 1. The van der Waals surface area contributed by atoms with E-state index >= 15 is 0 Å². The summed E-state index contributed by atoms with van der Waals surface area (Å²) in [5.74, 6) is 2.13. The highest BCUT2D eigenvalue weighted by molar-refractivity contribution is 5.08. The van der Waals surface area contributed by atoms with E-state index in [9.17, 15) is 0 Å². The van der Waals surface area contributed by atoms with Crippen molar-refractivity contribution in [3.8, 4) is 0 Å². The Bertz CT molecular complexity index is 374. The molecule has 3 heteroatoms. The molecule has 0 radical (unpaired) electrons. The molecular formula is C15H26N2O. The molecule has 18 heavy (non-hydrogen) atoms. The number of rotatable bonds is 6. The molecule has 0 atom stereocenters. The van der Waals surface area contributed by atoms with Crippen LogP contribution in [0.1, 0.15) is 52.1 Å². The Kier molecular flexibility index (Phi) is 4.13. The van der Waals surface area contributed by atoms with Crippen molar-refractivity contribution in [1.82, 2.24) is 10.2 Å². The molecule has 2 rings (SSSR count). The standard InChI is InChI=1S/C15H26N2O/c1-5-17(12-6-7-12)11-14-9-8-13(18-14)10-16-15(2,3)4/h8-9,12,16H,5-7,10-11H2,1-4H3. The molecule has 1 fully saturated rings. The summed E-state index contributed by atoms with van der Waals surface area (Å²) in [6.07, 6.45) is 2.71. The summed E-state index contributed by atoms with van der Waals surface area (Å²) in [4.78, 5) is 2.50. The molecule has 102 valence electrons. The smallest absolute Gasteiger partial charge is 0.118 e. The van der Waals surface area contributed by atoms with Gasteiger partial charge in [-0.25, -0.2) is 0 Å². The van der Waals surface area contributed by atoms with Gasteiger partial charge in [0.05, 0.1) is 13.1 Å². The van der Waals surface area contributed by atoms with Crippen molar-refractivity contribution in [3.63, 3.8) is 0 Å². The van der Waals surface area contributed by atoms with E-state index < -0.39 is 0 Å². The summed E-state index contributed by atoms with van der Waals surface area (Å²) < 4.78 is 5.89. The van der Waals surface area contributed by atoms with E-state index in [1.165, 1.54) is 12.8 Å². The van der Waals surface area contributed by atoms with Crippen LogP contribution >= 0.6 is 0 Å². The first-order valence-corrected chi connectivity index (χ1v) is 7.04. The number of nitrogens with zero attached hydrogens (tertiary/aromatic N) is 1. The molecule has 3 nitrogen and oxygen atoms in total. The van der Waals surface area contributed by atoms with E-state index in [1.54, 1.807) is 0 Å². The van der Waals surface area contributed by atoms with Crippen molar-refractivity contribution in [2.75, 3.05) is 6.54 Å². The van der Waals surface area contributed by atoms with Crippen LogP contribution in [0.25, 0.3) is 0 Å². The van der Waals surface area contributed by atoms with Gasteiger partial charge in [0.2, 0.25) is 0 Å². The normalized spacial score (nSPS) is 16.5. The number of hydrogen-bond acceptors (Lipinski definition) is 3. The molecule has 1 aromatic rings. The zero-order valence-corrected chi connectivity index (χ0v) is 12.1. The van der Waals surface area contributed by atoms with Gasteiger partial charge in [0.15, 0.2) is 0 Å². The summed E-state index contributed by atoms with van der Waals surface area (Å²) >= 11 is 0. The molecule has 1 aromatic heterocycles. The maximum absolute atomic E-state index is 5.89. The van der Waals surface area contributed by atoms with Crippen molar-refractivity contribution in [1.29, 1.82) is 0 Å². The van der Waals surface area contributed by atoms with E-state index in [4.69, 9.17) is 4.42 Å². The first-order valence-electron chi connectivity index (χ1n) is 7.04. The van der Waals surface area contributed by atoms with E-state index in [0.29, 0.717) is 0 Å². The first-order chi connectivity index (χ1) is 8.48. The highest BCUT2D eigenvalue weighted by Gasteiger charge is 2.28. The predicted molar refractivity (Wildman–Crippen MR) is 74.4 cm³/mol. The van der Waals surface area contributed by atoms with Crippen LogP contribution in [-0.2, 0) is 13.1 Å². The summed E-state index contributed by atoms with van der Waals surface area (Å²) in [7, 11) is 0. The molecule has 0 bridgehead atoms. The summed E-state index contributed by atoms with van der Waals surface area (Å²) in [5.41, 5.74) is 0.135. The maximum atomic E-state index is 5.89. The minimum absolute atomic E-state index is 0.135. The summed E-state index contributed by atoms with van der Waals surface area (Å²) in [6, 6.07) is 5.01. The minimum atomic E-state index is 0.135. The predicted octanol–water partition coefficient (Wildman–Crippen LogP) is 3.15. The van der Waals surface area contributed by atoms with E-state index in [-0.39, 0.29) is 5.54 Å². The molecule has 1 aliphatic rings. The van der Waals surface area contributed by atoms with Gasteiger partial charge in [-0.1, -0.05) is 6.92 Å². The van der Waals surface area contributed by atoms with Gasteiger partial charge in [0, 0.05) is 11.6 Å². The number of nitrogens with one attached hydrogen (secondary N) is 1. The van der Waals surface area contributed by atoms with Crippen molar-refractivity contribution in [3.05, 3.63) is 23.7 Å². The van der Waals surface area contributed by atoms with Gasteiger partial charge in [-0.15, -0.1) is 0 Å². The van der Waals surface area contributed by atoms with Gasteiger partial charge < -0.3 is 9.73 Å². The van der Waals surface area contributed by atoms with Crippen LogP contribution in [0.2, 0.25) is 0 Å². The van der Waals surface area contributed by atoms with Crippen molar-refractivity contribution in [2.45, 2.75) is 65.2 Å². The van der Waals surface area contributed by atoms with Crippen LogP contribution in [0.15, 0.2) is 16.5 Å². The highest BCUT2D eigenvalue weighted by atomic mass is 16.3. The molecule has 1 heterocycles. The van der Waals surface area contributed by atoms with Crippen LogP contribution in [0.5, 0.6) is 0 Å². The van der Waals surface area contributed by atoms with Crippen molar-refractivity contribution < 1.29 is 4.42 Å². The van der Waals surface area contributed by atoms with Crippen LogP contribution in [0.3, 0.4) is 0 Å². The summed E-state index contributed by atoms with van der Waals surface area (Å²) in [6.45, 7) is 11.6. The lowest BCUT2D eigenvalue weighted by molar-refractivity contribution is 0.242. The molecule has 0 unspecified atom stereocenters. The fourth-order valence-corrected chi connectivity index (χ4v) is 2.09. The van der Waals surface area contributed by atoms with Gasteiger partial charge in [-0.05, 0) is 52.3 Å². The molecule has 1 aliphatic carbocycles. The third-order valence-electron chi connectivity index (χ3n) is 3.34. The van der Waals surface area contributed by atoms with Crippen molar-refractivity contribution >= 4 is 0 Å². The van der Waals surface area contributed by atoms with Gasteiger partial charge >= 0.3 is 0 Å². The Morgan fingerprint density at radius 3 is 2.50 bits per heavy atom. The van der Waals surface area contributed by atoms with Crippen LogP contribution < -0.4 is 5.32 Å². The Morgan fingerprint density at radius 2 is 1.94 bits per heavy atom. The lowest BCUT2D eigenvalue weighted by atomic mass is 10.1. The molecule has 0 aliphatic heterocycles. The van der Waals surface area contributed by atoms with E-state index in [2.05, 4.69) is 50.0 Å².